The fraction of sp³-hybridized carbons (Fsp3) is 0.333. The van der Waals surface area contributed by atoms with Crippen LogP contribution in [0.2, 0.25) is 5.28 Å². The second-order valence-electron chi connectivity index (χ2n) is 8.71. The number of aliphatic carboxylic acids is 2. The Morgan fingerprint density at radius 2 is 1.92 bits per heavy atom. The number of fused-ring (bicyclic) bond motifs is 2. The van der Waals surface area contributed by atoms with E-state index < -0.39 is 71.5 Å². The van der Waals surface area contributed by atoms with Gasteiger partial charge in [0.2, 0.25) is 5.28 Å². The zero-order valence-corrected chi connectivity index (χ0v) is 19.4. The molecule has 38 heavy (non-hydrogen) atoms. The van der Waals surface area contributed by atoms with Crippen LogP contribution in [0.1, 0.15) is 22.1 Å². The number of imidazole rings is 1. The number of alkyl halides is 1. The summed E-state index contributed by atoms with van der Waals surface area (Å²) in [6, 6.07) is 2.47. The van der Waals surface area contributed by atoms with Crippen molar-refractivity contribution in [2.45, 2.75) is 42.2 Å². The van der Waals surface area contributed by atoms with Crippen LogP contribution < -0.4 is 5.73 Å². The number of anilines is 1. The lowest BCUT2D eigenvalue weighted by Crippen LogP contribution is -2.53. The summed E-state index contributed by atoms with van der Waals surface area (Å²) in [4.78, 5) is 46.8. The summed E-state index contributed by atoms with van der Waals surface area (Å²) >= 11 is 5.81. The predicted molar refractivity (Wildman–Crippen MR) is 118 cm³/mol. The number of hydrogen-bond acceptors (Lipinski definition) is 10. The van der Waals surface area contributed by atoms with E-state index in [-0.39, 0.29) is 27.8 Å². The lowest BCUT2D eigenvalue weighted by molar-refractivity contribution is -0.194. The molecule has 0 radical (unpaired) electrons. The molecule has 1 aliphatic heterocycles. The molecule has 0 spiro atoms. The van der Waals surface area contributed by atoms with Crippen LogP contribution in [0.25, 0.3) is 11.2 Å². The van der Waals surface area contributed by atoms with Crippen molar-refractivity contribution in [1.29, 1.82) is 0 Å². The number of aromatic nitrogens is 4. The first-order chi connectivity index (χ1) is 17.8. The molecule has 3 aromatic rings. The monoisotopic (exact) mass is 555 g/mol. The number of nitrogens with zero attached hydrogens (tertiary/aromatic N) is 4. The van der Waals surface area contributed by atoms with Crippen molar-refractivity contribution in [2.24, 2.45) is 0 Å². The number of rotatable bonds is 8. The van der Waals surface area contributed by atoms with E-state index in [4.69, 9.17) is 31.9 Å². The fourth-order valence-electron chi connectivity index (χ4n) is 4.46. The van der Waals surface area contributed by atoms with Crippen LogP contribution in [0, 0.1) is 5.82 Å². The van der Waals surface area contributed by atoms with Crippen molar-refractivity contribution >= 4 is 46.5 Å². The van der Waals surface area contributed by atoms with Gasteiger partial charge in [-0.25, -0.2) is 28.1 Å². The molecule has 0 unspecified atom stereocenters. The number of benzene rings is 1. The van der Waals surface area contributed by atoms with E-state index in [0.29, 0.717) is 6.07 Å². The third-order valence-electron chi connectivity index (χ3n) is 6.49. The number of aliphatic hydroxyl groups is 1. The summed E-state index contributed by atoms with van der Waals surface area (Å²) in [5.41, 5.74) is -0.761. The zero-order chi connectivity index (χ0) is 27.7. The van der Waals surface area contributed by atoms with E-state index in [1.54, 1.807) is 0 Å². The number of carbonyl (C=O) groups is 3. The molecule has 17 heteroatoms. The molecule has 1 aromatic carbocycles. The molecule has 6 N–H and O–H groups in total. The lowest BCUT2D eigenvalue weighted by atomic mass is 9.93. The highest BCUT2D eigenvalue weighted by atomic mass is 35.5. The summed E-state index contributed by atoms with van der Waals surface area (Å²) in [7, 11) is 0. The normalized spacial score (nSPS) is 26.3. The van der Waals surface area contributed by atoms with Crippen LogP contribution in [-0.2, 0) is 25.5 Å². The maximum Gasteiger partial charge on any atom is 0.348 e. The molecule has 14 nitrogen and oxygen atoms in total. The van der Waals surface area contributed by atoms with Gasteiger partial charge in [-0.3, -0.25) is 4.57 Å². The molecule has 5 rings (SSSR count). The van der Waals surface area contributed by atoms with Crippen LogP contribution in [0.3, 0.4) is 0 Å². The average molecular weight is 556 g/mol. The van der Waals surface area contributed by atoms with Crippen molar-refractivity contribution in [3.63, 3.8) is 0 Å². The minimum Gasteiger partial charge on any atom is -0.479 e. The minimum absolute atomic E-state index is 0.0187. The molecule has 1 aliphatic carbocycles. The van der Waals surface area contributed by atoms with Crippen molar-refractivity contribution in [3.8, 4) is 0 Å². The summed E-state index contributed by atoms with van der Waals surface area (Å²) in [6.07, 6.45) is -6.95. The Bertz CT molecular complexity index is 1510. The minimum atomic E-state index is -3.11. The number of carboxylic acid groups (broad SMARTS) is 3. The Morgan fingerprint density at radius 1 is 1.24 bits per heavy atom. The highest BCUT2D eigenvalue weighted by Crippen LogP contribution is 2.58. The van der Waals surface area contributed by atoms with Gasteiger partial charge in [-0.05, 0) is 29.3 Å². The van der Waals surface area contributed by atoms with Gasteiger partial charge in [0.15, 0.2) is 29.5 Å². The van der Waals surface area contributed by atoms with Gasteiger partial charge in [-0.1, -0.05) is 6.07 Å². The highest BCUT2D eigenvalue weighted by molar-refractivity contribution is 6.28. The number of ether oxygens (including phenoxy) is 2. The Balaban J connectivity index is 1.42. The molecule has 3 heterocycles. The van der Waals surface area contributed by atoms with Gasteiger partial charge in [0.05, 0.1) is 11.9 Å². The summed E-state index contributed by atoms with van der Waals surface area (Å²) < 4.78 is 41.5. The van der Waals surface area contributed by atoms with Gasteiger partial charge in [-0.2, -0.15) is 9.97 Å². The molecule has 0 bridgehead atoms. The standard InChI is InChI=1S/C21H16ClF2N5O9/c22-19-27-13(25)9-14(28-19)29(5-26-9)15-10(24)21(36)11(37-15)12(21)38-20(17(32)33,18(34)35)4-6-1-2-7(16(30)31)8(23)3-6/h1-3,5,10-12,15,36H,4H2,(H,30,31)(H,32,33)(H,34,35)(H2,25,27,28)/t10-,11-,12+,15-,21+/m1/s1. The molecule has 2 fully saturated rings. The number of carboxylic acids is 3. The molecular formula is C21H16ClF2N5O9. The molecule has 0 amide bonds. The van der Waals surface area contributed by atoms with Crippen LogP contribution in [0.15, 0.2) is 24.5 Å². The molecule has 5 atom stereocenters. The first-order valence-corrected chi connectivity index (χ1v) is 11.0. The van der Waals surface area contributed by atoms with E-state index in [9.17, 15) is 34.1 Å². The largest absolute Gasteiger partial charge is 0.479 e. The number of nitrogen functional groups attached to an aromatic ring is 1. The maximum atomic E-state index is 15.5. The Morgan fingerprint density at radius 3 is 2.47 bits per heavy atom. The first kappa shape index (κ1) is 25.7. The van der Waals surface area contributed by atoms with Gasteiger partial charge >= 0.3 is 17.9 Å². The molecule has 2 aromatic heterocycles. The number of aromatic carboxylic acids is 1. The van der Waals surface area contributed by atoms with Gasteiger partial charge in [-0.15, -0.1) is 0 Å². The van der Waals surface area contributed by atoms with Gasteiger partial charge in [0, 0.05) is 6.42 Å². The number of nitrogens with two attached hydrogens (primary N) is 1. The fourth-order valence-corrected chi connectivity index (χ4v) is 4.64. The van der Waals surface area contributed by atoms with Gasteiger partial charge < -0.3 is 35.6 Å². The Labute approximate surface area is 214 Å². The summed E-state index contributed by atoms with van der Waals surface area (Å²) in [6.45, 7) is 0. The Hall–Kier alpha value is -3.99. The smallest absolute Gasteiger partial charge is 0.348 e. The van der Waals surface area contributed by atoms with Crippen molar-refractivity contribution in [1.82, 2.24) is 19.5 Å². The molecule has 200 valence electrons. The average Bonchev–Trinajstić information content (AvgIpc) is 3.08. The van der Waals surface area contributed by atoms with Gasteiger partial charge in [0.1, 0.15) is 23.5 Å². The third kappa shape index (κ3) is 3.64. The maximum absolute atomic E-state index is 15.5. The second kappa shape index (κ2) is 8.52. The highest BCUT2D eigenvalue weighted by Gasteiger charge is 2.80. The van der Waals surface area contributed by atoms with Crippen molar-refractivity contribution in [2.75, 3.05) is 5.73 Å². The van der Waals surface area contributed by atoms with Crippen LogP contribution in [-0.4, -0.2) is 87.4 Å². The van der Waals surface area contributed by atoms with Crippen LogP contribution in [0.5, 0.6) is 0 Å². The molecule has 1 saturated carbocycles. The van der Waals surface area contributed by atoms with E-state index in [1.807, 2.05) is 0 Å². The van der Waals surface area contributed by atoms with E-state index in [2.05, 4.69) is 15.0 Å². The van der Waals surface area contributed by atoms with Crippen LogP contribution >= 0.6 is 11.6 Å². The summed E-state index contributed by atoms with van der Waals surface area (Å²) in [5.74, 6) is -7.00. The first-order valence-electron chi connectivity index (χ1n) is 10.6. The number of hydrogen-bond donors (Lipinski definition) is 5. The third-order valence-corrected chi connectivity index (χ3v) is 6.66. The van der Waals surface area contributed by atoms with Crippen LogP contribution in [0.4, 0.5) is 14.6 Å². The van der Waals surface area contributed by atoms with E-state index in [1.165, 1.54) is 0 Å². The van der Waals surface area contributed by atoms with Gasteiger partial charge in [0.25, 0.3) is 5.60 Å². The zero-order valence-electron chi connectivity index (χ0n) is 18.7. The Kier molecular flexibility index (Phi) is 5.75. The van der Waals surface area contributed by atoms with E-state index in [0.717, 1.165) is 23.0 Å². The number of halogens is 3. The second-order valence-corrected chi connectivity index (χ2v) is 9.05. The molecule has 2 aliphatic rings. The topological polar surface area (TPSA) is 220 Å². The van der Waals surface area contributed by atoms with Crippen molar-refractivity contribution in [3.05, 3.63) is 46.8 Å². The molecule has 1 saturated heterocycles. The molecular weight excluding hydrogens is 540 g/mol. The SMILES string of the molecule is Nc1nc(Cl)nc2c1ncn2[C@@H]1O[C@@H]2[C@H](OC(Cc3ccc(C(=O)O)c(F)c3)(C(=O)O)C(=O)O)[C@]2(O)[C@@H]1F. The quantitative estimate of drug-likeness (QED) is 0.188. The lowest BCUT2D eigenvalue weighted by Gasteiger charge is -2.28. The predicted octanol–water partition coefficient (Wildman–Crippen LogP) is 0.415. The summed E-state index contributed by atoms with van der Waals surface area (Å²) in [5, 5.41) is 39.2. The van der Waals surface area contributed by atoms with E-state index >= 15 is 4.39 Å². The van der Waals surface area contributed by atoms with Crippen molar-refractivity contribution < 1.29 is 53.1 Å².